The van der Waals surface area contributed by atoms with E-state index in [1.54, 1.807) is 12.1 Å². The van der Waals surface area contributed by atoms with Crippen LogP contribution in [0.4, 0.5) is 4.79 Å². The summed E-state index contributed by atoms with van der Waals surface area (Å²) in [6.45, 7) is 0. The van der Waals surface area contributed by atoms with Crippen molar-refractivity contribution in [1.29, 1.82) is 0 Å². The molecule has 5 heteroatoms. The predicted molar refractivity (Wildman–Crippen MR) is 67.8 cm³/mol. The topological polar surface area (TPSA) is 71.3 Å². The highest BCUT2D eigenvalue weighted by Gasteiger charge is 2.28. The number of urea groups is 1. The van der Waals surface area contributed by atoms with Crippen LogP contribution in [0.3, 0.4) is 0 Å². The molecular weight excluding hydrogens is 244 g/mol. The largest absolute Gasteiger partial charge is 0.464 e. The second-order valence-electron chi connectivity index (χ2n) is 4.00. The average Bonchev–Trinajstić information content (AvgIpc) is 3.03. The Morgan fingerprint density at radius 1 is 0.947 bits per heavy atom. The molecule has 5 nitrogen and oxygen atoms in total. The molecule has 0 radical (unpaired) electrons. The molecule has 2 heterocycles. The summed E-state index contributed by atoms with van der Waals surface area (Å²) in [7, 11) is 0. The maximum Gasteiger partial charge on any atom is 0.326 e. The van der Waals surface area contributed by atoms with Crippen molar-refractivity contribution in [3.8, 4) is 0 Å². The van der Waals surface area contributed by atoms with Crippen molar-refractivity contribution >= 4 is 17.5 Å². The molecule has 1 aliphatic heterocycles. The Morgan fingerprint density at radius 2 is 1.74 bits per heavy atom. The minimum absolute atomic E-state index is 0.200. The fourth-order valence-corrected chi connectivity index (χ4v) is 1.98. The summed E-state index contributed by atoms with van der Waals surface area (Å²) in [4.78, 5) is 23.1. The molecule has 1 saturated heterocycles. The van der Waals surface area contributed by atoms with Gasteiger partial charge in [0, 0.05) is 0 Å². The van der Waals surface area contributed by atoms with Crippen molar-refractivity contribution < 1.29 is 14.0 Å². The average molecular weight is 254 g/mol. The standard InChI is InChI=1S/C14H10N2O3/c17-13-12(15-14(18)16-13)11(10-7-4-8-19-10)9-5-2-1-3-6-9/h1-8H,(H2,15,16,17,18)/b12-11+. The fraction of sp³-hybridized carbons (Fsp3) is 0. The van der Waals surface area contributed by atoms with Crippen LogP contribution < -0.4 is 10.6 Å². The zero-order valence-corrected chi connectivity index (χ0v) is 9.84. The third kappa shape index (κ3) is 2.01. The molecular formula is C14H10N2O3. The van der Waals surface area contributed by atoms with Crippen LogP contribution in [0.2, 0.25) is 0 Å². The maximum absolute atomic E-state index is 11.8. The van der Waals surface area contributed by atoms with Crippen molar-refractivity contribution in [2.75, 3.05) is 0 Å². The summed E-state index contributed by atoms with van der Waals surface area (Å²) < 4.78 is 5.36. The zero-order valence-electron chi connectivity index (χ0n) is 9.84. The highest BCUT2D eigenvalue weighted by Crippen LogP contribution is 2.27. The van der Waals surface area contributed by atoms with Gasteiger partial charge in [-0.15, -0.1) is 0 Å². The van der Waals surface area contributed by atoms with Crippen LogP contribution in [0, 0.1) is 0 Å². The van der Waals surface area contributed by atoms with Gasteiger partial charge in [0.15, 0.2) is 0 Å². The predicted octanol–water partition coefficient (Wildman–Crippen LogP) is 1.88. The van der Waals surface area contributed by atoms with E-state index in [0.29, 0.717) is 11.3 Å². The first-order chi connectivity index (χ1) is 9.25. The molecule has 1 aromatic heterocycles. The number of furan rings is 1. The van der Waals surface area contributed by atoms with Crippen LogP contribution in [0.5, 0.6) is 0 Å². The molecule has 94 valence electrons. The Labute approximate surface area is 108 Å². The summed E-state index contributed by atoms with van der Waals surface area (Å²) in [5.74, 6) is 0.0683. The molecule has 1 aliphatic rings. The third-order valence-corrected chi connectivity index (χ3v) is 2.77. The summed E-state index contributed by atoms with van der Waals surface area (Å²) in [5.41, 5.74) is 1.56. The van der Waals surface area contributed by atoms with Gasteiger partial charge in [0.05, 0.1) is 11.8 Å². The monoisotopic (exact) mass is 254 g/mol. The number of carbonyl (C=O) groups excluding carboxylic acids is 2. The number of amides is 3. The van der Waals surface area contributed by atoms with Crippen LogP contribution in [0.1, 0.15) is 11.3 Å². The van der Waals surface area contributed by atoms with Crippen LogP contribution in [-0.4, -0.2) is 11.9 Å². The highest BCUT2D eigenvalue weighted by atomic mass is 16.3. The van der Waals surface area contributed by atoms with E-state index in [4.69, 9.17) is 4.42 Å². The lowest BCUT2D eigenvalue weighted by molar-refractivity contribution is -0.115. The molecule has 0 saturated carbocycles. The number of carbonyl (C=O) groups is 2. The summed E-state index contributed by atoms with van der Waals surface area (Å²) in [6, 6.07) is 12.2. The van der Waals surface area contributed by atoms with Crippen molar-refractivity contribution in [2.45, 2.75) is 0 Å². The smallest absolute Gasteiger partial charge is 0.326 e. The molecule has 1 aromatic carbocycles. The van der Waals surface area contributed by atoms with E-state index in [0.717, 1.165) is 5.56 Å². The van der Waals surface area contributed by atoms with Gasteiger partial charge in [-0.3, -0.25) is 10.1 Å². The minimum Gasteiger partial charge on any atom is -0.464 e. The Kier molecular flexibility index (Phi) is 2.64. The Bertz CT molecular complexity index is 657. The van der Waals surface area contributed by atoms with E-state index in [1.807, 2.05) is 30.3 Å². The van der Waals surface area contributed by atoms with Crippen molar-refractivity contribution in [1.82, 2.24) is 10.6 Å². The van der Waals surface area contributed by atoms with E-state index in [9.17, 15) is 9.59 Å². The number of hydrogen-bond acceptors (Lipinski definition) is 3. The molecule has 3 amide bonds. The SMILES string of the molecule is O=C1NC(=O)/C(=C(/c2ccccc2)c2ccco2)N1. The summed E-state index contributed by atoms with van der Waals surface area (Å²) >= 11 is 0. The number of benzene rings is 1. The first kappa shape index (κ1) is 11.3. The normalized spacial score (nSPS) is 17.1. The van der Waals surface area contributed by atoms with Gasteiger partial charge in [0.1, 0.15) is 11.5 Å². The van der Waals surface area contributed by atoms with Crippen molar-refractivity contribution in [3.63, 3.8) is 0 Å². The van der Waals surface area contributed by atoms with E-state index >= 15 is 0 Å². The Balaban J connectivity index is 2.21. The second kappa shape index (κ2) is 4.45. The lowest BCUT2D eigenvalue weighted by Gasteiger charge is -2.07. The molecule has 3 rings (SSSR count). The lowest BCUT2D eigenvalue weighted by atomic mass is 10.0. The molecule has 2 aromatic rings. The first-order valence-corrected chi connectivity index (χ1v) is 5.71. The lowest BCUT2D eigenvalue weighted by Crippen LogP contribution is -2.22. The van der Waals surface area contributed by atoms with Gasteiger partial charge in [-0.1, -0.05) is 30.3 Å². The van der Waals surface area contributed by atoms with E-state index in [2.05, 4.69) is 10.6 Å². The van der Waals surface area contributed by atoms with Crippen LogP contribution in [0.25, 0.3) is 5.57 Å². The molecule has 0 atom stereocenters. The highest BCUT2D eigenvalue weighted by molar-refractivity contribution is 6.16. The Morgan fingerprint density at radius 3 is 2.32 bits per heavy atom. The van der Waals surface area contributed by atoms with E-state index in [1.165, 1.54) is 6.26 Å². The Hall–Kier alpha value is -2.82. The molecule has 0 bridgehead atoms. The van der Waals surface area contributed by atoms with Crippen LogP contribution >= 0.6 is 0 Å². The van der Waals surface area contributed by atoms with Crippen LogP contribution in [0.15, 0.2) is 58.8 Å². The van der Waals surface area contributed by atoms with Gasteiger partial charge in [-0.25, -0.2) is 4.79 Å². The molecule has 1 fully saturated rings. The first-order valence-electron chi connectivity index (χ1n) is 5.71. The quantitative estimate of drug-likeness (QED) is 0.635. The number of nitrogens with one attached hydrogen (secondary N) is 2. The number of hydrogen-bond donors (Lipinski definition) is 2. The van der Waals surface area contributed by atoms with Gasteiger partial charge in [0.2, 0.25) is 0 Å². The second-order valence-corrected chi connectivity index (χ2v) is 4.00. The molecule has 2 N–H and O–H groups in total. The van der Waals surface area contributed by atoms with E-state index < -0.39 is 11.9 Å². The van der Waals surface area contributed by atoms with Gasteiger partial charge in [0.25, 0.3) is 5.91 Å². The minimum atomic E-state index is -0.528. The molecule has 0 unspecified atom stereocenters. The molecule has 0 aliphatic carbocycles. The summed E-state index contributed by atoms with van der Waals surface area (Å²) in [5, 5.41) is 4.70. The van der Waals surface area contributed by atoms with Crippen LogP contribution in [-0.2, 0) is 4.79 Å². The molecule has 19 heavy (non-hydrogen) atoms. The van der Waals surface area contributed by atoms with Gasteiger partial charge < -0.3 is 9.73 Å². The van der Waals surface area contributed by atoms with Crippen molar-refractivity contribution in [3.05, 3.63) is 65.7 Å². The third-order valence-electron chi connectivity index (χ3n) is 2.77. The maximum atomic E-state index is 11.8. The number of rotatable bonds is 2. The van der Waals surface area contributed by atoms with Gasteiger partial charge >= 0.3 is 6.03 Å². The number of imide groups is 1. The molecule has 0 spiro atoms. The zero-order chi connectivity index (χ0) is 13.2. The summed E-state index contributed by atoms with van der Waals surface area (Å²) in [6.07, 6.45) is 1.52. The van der Waals surface area contributed by atoms with Gasteiger partial charge in [-0.05, 0) is 17.7 Å². The van der Waals surface area contributed by atoms with E-state index in [-0.39, 0.29) is 5.70 Å². The van der Waals surface area contributed by atoms with Crippen molar-refractivity contribution in [2.24, 2.45) is 0 Å². The fourth-order valence-electron chi connectivity index (χ4n) is 1.98. The van der Waals surface area contributed by atoms with Gasteiger partial charge in [-0.2, -0.15) is 0 Å².